The average Bonchev–Trinajstić information content (AvgIpc) is 2.93. The number of hydrogen-bond donors (Lipinski definition) is 1. The summed E-state index contributed by atoms with van der Waals surface area (Å²) in [5.74, 6) is 3.07. The molecule has 2 aromatic rings. The Labute approximate surface area is 110 Å². The summed E-state index contributed by atoms with van der Waals surface area (Å²) >= 11 is 1.97. The van der Waals surface area contributed by atoms with Gasteiger partial charge in [0.2, 0.25) is 5.95 Å². The topological polar surface area (TPSA) is 50.7 Å². The van der Waals surface area contributed by atoms with Gasteiger partial charge < -0.3 is 5.32 Å². The van der Waals surface area contributed by atoms with Crippen LogP contribution in [0.25, 0.3) is 11.3 Å². The molecule has 3 heterocycles. The molecule has 0 amide bonds. The van der Waals surface area contributed by atoms with E-state index in [0.29, 0.717) is 12.0 Å². The van der Waals surface area contributed by atoms with Crippen molar-refractivity contribution in [3.05, 3.63) is 36.8 Å². The highest BCUT2D eigenvalue weighted by molar-refractivity contribution is 7.99. The first-order valence-corrected chi connectivity index (χ1v) is 7.15. The van der Waals surface area contributed by atoms with Gasteiger partial charge in [0.15, 0.2) is 0 Å². The standard InChI is InChI=1S/C13H14N4S/c1-2-10(8-14-5-1)12-3-6-15-13(17-12)16-11-4-7-18-9-11/h1-3,5-6,8,11H,4,7,9H2,(H,15,16,17). The Balaban J connectivity index is 1.80. The normalized spacial score (nSPS) is 18.8. The Morgan fingerprint density at radius 1 is 1.28 bits per heavy atom. The lowest BCUT2D eigenvalue weighted by Crippen LogP contribution is -2.19. The third-order valence-electron chi connectivity index (χ3n) is 2.88. The van der Waals surface area contributed by atoms with Crippen LogP contribution >= 0.6 is 11.8 Å². The van der Waals surface area contributed by atoms with Crippen molar-refractivity contribution in [3.8, 4) is 11.3 Å². The molecule has 18 heavy (non-hydrogen) atoms. The first-order chi connectivity index (χ1) is 8.92. The Morgan fingerprint density at radius 3 is 3.06 bits per heavy atom. The minimum Gasteiger partial charge on any atom is -0.351 e. The largest absolute Gasteiger partial charge is 0.351 e. The van der Waals surface area contributed by atoms with Crippen LogP contribution in [-0.2, 0) is 0 Å². The maximum Gasteiger partial charge on any atom is 0.223 e. The molecule has 0 saturated carbocycles. The molecule has 0 aromatic carbocycles. The van der Waals surface area contributed by atoms with E-state index in [-0.39, 0.29) is 0 Å². The zero-order valence-corrected chi connectivity index (χ0v) is 10.7. The zero-order chi connectivity index (χ0) is 12.2. The Bertz CT molecular complexity index is 511. The molecule has 92 valence electrons. The molecular formula is C13H14N4S. The minimum atomic E-state index is 0.499. The fourth-order valence-corrected chi connectivity index (χ4v) is 3.09. The van der Waals surface area contributed by atoms with E-state index in [1.165, 1.54) is 12.2 Å². The molecular weight excluding hydrogens is 244 g/mol. The van der Waals surface area contributed by atoms with Gasteiger partial charge in [0.1, 0.15) is 0 Å². The summed E-state index contributed by atoms with van der Waals surface area (Å²) < 4.78 is 0. The first kappa shape index (κ1) is 11.5. The van der Waals surface area contributed by atoms with E-state index in [4.69, 9.17) is 0 Å². The number of pyridine rings is 1. The molecule has 1 N–H and O–H groups in total. The second-order valence-electron chi connectivity index (χ2n) is 4.21. The van der Waals surface area contributed by atoms with E-state index in [0.717, 1.165) is 17.0 Å². The van der Waals surface area contributed by atoms with Gasteiger partial charge in [-0.05, 0) is 30.4 Å². The summed E-state index contributed by atoms with van der Waals surface area (Å²) in [5, 5.41) is 3.39. The van der Waals surface area contributed by atoms with Crippen molar-refractivity contribution in [2.45, 2.75) is 12.5 Å². The number of nitrogens with zero attached hydrogens (tertiary/aromatic N) is 3. The van der Waals surface area contributed by atoms with Gasteiger partial charge in [0, 0.05) is 35.9 Å². The molecule has 0 spiro atoms. The lowest BCUT2D eigenvalue weighted by atomic mass is 10.2. The quantitative estimate of drug-likeness (QED) is 0.916. The second kappa shape index (κ2) is 5.35. The predicted octanol–water partition coefficient (Wildman–Crippen LogP) is 2.46. The number of nitrogens with one attached hydrogen (secondary N) is 1. The highest BCUT2D eigenvalue weighted by Gasteiger charge is 2.16. The van der Waals surface area contributed by atoms with Gasteiger partial charge in [0.05, 0.1) is 5.69 Å². The van der Waals surface area contributed by atoms with Crippen LogP contribution in [0.3, 0.4) is 0 Å². The van der Waals surface area contributed by atoms with E-state index in [1.54, 1.807) is 12.4 Å². The fraction of sp³-hybridized carbons (Fsp3) is 0.308. The summed E-state index contributed by atoms with van der Waals surface area (Å²) in [6.07, 6.45) is 6.56. The third kappa shape index (κ3) is 2.61. The first-order valence-electron chi connectivity index (χ1n) is 5.99. The van der Waals surface area contributed by atoms with Gasteiger partial charge in [-0.1, -0.05) is 0 Å². The molecule has 1 unspecified atom stereocenters. The van der Waals surface area contributed by atoms with Gasteiger partial charge in [-0.15, -0.1) is 0 Å². The zero-order valence-electron chi connectivity index (χ0n) is 9.91. The van der Waals surface area contributed by atoms with Crippen molar-refractivity contribution in [2.75, 3.05) is 16.8 Å². The van der Waals surface area contributed by atoms with Crippen LogP contribution < -0.4 is 5.32 Å². The lowest BCUT2D eigenvalue weighted by Gasteiger charge is -2.11. The molecule has 0 bridgehead atoms. The molecule has 1 aliphatic heterocycles. The lowest BCUT2D eigenvalue weighted by molar-refractivity contribution is 0.798. The summed E-state index contributed by atoms with van der Waals surface area (Å²) in [5.41, 5.74) is 1.93. The molecule has 2 aromatic heterocycles. The van der Waals surface area contributed by atoms with Gasteiger partial charge in [-0.3, -0.25) is 4.98 Å². The number of thioether (sulfide) groups is 1. The number of rotatable bonds is 3. The van der Waals surface area contributed by atoms with Crippen LogP contribution in [0.4, 0.5) is 5.95 Å². The van der Waals surface area contributed by atoms with Crippen molar-refractivity contribution in [1.29, 1.82) is 0 Å². The van der Waals surface area contributed by atoms with Crippen molar-refractivity contribution in [1.82, 2.24) is 15.0 Å². The Hall–Kier alpha value is -1.62. The van der Waals surface area contributed by atoms with Crippen molar-refractivity contribution in [3.63, 3.8) is 0 Å². The molecule has 5 heteroatoms. The maximum absolute atomic E-state index is 4.54. The summed E-state index contributed by atoms with van der Waals surface area (Å²) in [4.78, 5) is 12.9. The molecule has 1 fully saturated rings. The van der Waals surface area contributed by atoms with Crippen LogP contribution in [0.2, 0.25) is 0 Å². The summed E-state index contributed by atoms with van der Waals surface area (Å²) in [6, 6.07) is 6.33. The van der Waals surface area contributed by atoms with Gasteiger partial charge in [-0.2, -0.15) is 11.8 Å². The fourth-order valence-electron chi connectivity index (χ4n) is 1.93. The molecule has 1 aliphatic rings. The Kier molecular flexibility index (Phi) is 3.41. The number of hydrogen-bond acceptors (Lipinski definition) is 5. The minimum absolute atomic E-state index is 0.499. The van der Waals surface area contributed by atoms with Gasteiger partial charge in [0.25, 0.3) is 0 Å². The van der Waals surface area contributed by atoms with E-state index in [9.17, 15) is 0 Å². The van der Waals surface area contributed by atoms with Crippen LogP contribution in [0.1, 0.15) is 6.42 Å². The van der Waals surface area contributed by atoms with Crippen LogP contribution in [0, 0.1) is 0 Å². The van der Waals surface area contributed by atoms with Crippen LogP contribution in [0.15, 0.2) is 36.8 Å². The SMILES string of the molecule is c1cncc(-c2ccnc(NC3CCSC3)n2)c1. The van der Waals surface area contributed by atoms with Gasteiger partial charge >= 0.3 is 0 Å². The molecule has 0 aliphatic carbocycles. The molecule has 4 nitrogen and oxygen atoms in total. The van der Waals surface area contributed by atoms with Crippen molar-refractivity contribution in [2.24, 2.45) is 0 Å². The average molecular weight is 258 g/mol. The Morgan fingerprint density at radius 2 is 2.28 bits per heavy atom. The van der Waals surface area contributed by atoms with Crippen molar-refractivity contribution >= 4 is 17.7 Å². The van der Waals surface area contributed by atoms with E-state index in [2.05, 4.69) is 20.3 Å². The van der Waals surface area contributed by atoms with Crippen LogP contribution in [0.5, 0.6) is 0 Å². The van der Waals surface area contributed by atoms with E-state index >= 15 is 0 Å². The summed E-state index contributed by atoms with van der Waals surface area (Å²) in [6.45, 7) is 0. The molecule has 3 rings (SSSR count). The molecule has 1 saturated heterocycles. The number of aromatic nitrogens is 3. The highest BCUT2D eigenvalue weighted by atomic mass is 32.2. The van der Waals surface area contributed by atoms with Crippen molar-refractivity contribution < 1.29 is 0 Å². The van der Waals surface area contributed by atoms with E-state index in [1.807, 2.05) is 36.2 Å². The predicted molar refractivity (Wildman–Crippen MR) is 74.6 cm³/mol. The third-order valence-corrected chi connectivity index (χ3v) is 4.04. The second-order valence-corrected chi connectivity index (χ2v) is 5.36. The molecule has 0 radical (unpaired) electrons. The highest BCUT2D eigenvalue weighted by Crippen LogP contribution is 2.21. The van der Waals surface area contributed by atoms with Gasteiger partial charge in [-0.25, -0.2) is 9.97 Å². The monoisotopic (exact) mass is 258 g/mol. The molecule has 1 atom stereocenters. The smallest absolute Gasteiger partial charge is 0.223 e. The van der Waals surface area contributed by atoms with E-state index < -0.39 is 0 Å². The number of anilines is 1. The maximum atomic E-state index is 4.54. The van der Waals surface area contributed by atoms with Crippen LogP contribution in [-0.4, -0.2) is 32.5 Å². The summed E-state index contributed by atoms with van der Waals surface area (Å²) in [7, 11) is 0.